The Hall–Kier alpha value is -2.52. The van der Waals surface area contributed by atoms with Crippen LogP contribution < -0.4 is 19.7 Å². The van der Waals surface area contributed by atoms with E-state index in [9.17, 15) is 4.79 Å². The first-order valence-electron chi connectivity index (χ1n) is 9.44. The number of nitrogens with zero attached hydrogens (tertiary/aromatic N) is 3. The molecule has 1 saturated heterocycles. The number of amides is 1. The molecule has 9 heteroatoms. The highest BCUT2D eigenvalue weighted by atomic mass is 32.2. The number of thioether (sulfide) groups is 1. The number of hydrogen-bond donors (Lipinski definition) is 1. The first-order chi connectivity index (χ1) is 14.2. The molecule has 7 nitrogen and oxygen atoms in total. The standard InChI is InChI=1S/C20H20N4O3S2/c1-12-17-14(10-29-12)22-18(23-19(17)24-4-6-28-7-5-24)20(25)21-9-13-2-3-15-16(8-13)27-11-26-15/h2-3,8,10H,4-7,9,11H2,1H3,(H,21,25). The predicted molar refractivity (Wildman–Crippen MR) is 115 cm³/mol. The second-order valence-corrected chi connectivity index (χ2v) is 9.20. The van der Waals surface area contributed by atoms with Gasteiger partial charge in [-0.05, 0) is 24.6 Å². The van der Waals surface area contributed by atoms with Gasteiger partial charge in [0.05, 0.1) is 10.9 Å². The lowest BCUT2D eigenvalue weighted by Gasteiger charge is -2.28. The first-order valence-corrected chi connectivity index (χ1v) is 11.5. The molecule has 2 aliphatic heterocycles. The van der Waals surface area contributed by atoms with Crippen LogP contribution in [0.2, 0.25) is 0 Å². The van der Waals surface area contributed by atoms with E-state index in [0.29, 0.717) is 12.3 Å². The van der Waals surface area contributed by atoms with Crippen LogP contribution in [0.4, 0.5) is 5.82 Å². The molecule has 0 saturated carbocycles. The molecule has 0 atom stereocenters. The zero-order valence-corrected chi connectivity index (χ0v) is 17.6. The maximum absolute atomic E-state index is 12.8. The van der Waals surface area contributed by atoms with E-state index in [4.69, 9.17) is 9.47 Å². The summed E-state index contributed by atoms with van der Waals surface area (Å²) in [7, 11) is 0. The summed E-state index contributed by atoms with van der Waals surface area (Å²) in [5.41, 5.74) is 1.77. The molecular formula is C20H20N4O3S2. The summed E-state index contributed by atoms with van der Waals surface area (Å²) in [5, 5.41) is 6.00. The van der Waals surface area contributed by atoms with Crippen molar-refractivity contribution in [3.05, 3.63) is 39.8 Å². The minimum absolute atomic E-state index is 0.212. The third-order valence-electron chi connectivity index (χ3n) is 5.02. The molecule has 29 heavy (non-hydrogen) atoms. The fourth-order valence-corrected chi connectivity index (χ4v) is 5.19. The van der Waals surface area contributed by atoms with Crippen molar-refractivity contribution in [2.75, 3.05) is 36.3 Å². The number of aromatic nitrogens is 2. The van der Waals surface area contributed by atoms with Gasteiger partial charge < -0.3 is 19.7 Å². The van der Waals surface area contributed by atoms with Gasteiger partial charge in [0.25, 0.3) is 5.91 Å². The molecule has 1 aromatic carbocycles. The van der Waals surface area contributed by atoms with Crippen molar-refractivity contribution in [2.45, 2.75) is 13.5 Å². The number of carbonyl (C=O) groups is 1. The topological polar surface area (TPSA) is 76.6 Å². The lowest BCUT2D eigenvalue weighted by Crippen LogP contribution is -2.34. The molecule has 0 unspecified atom stereocenters. The summed E-state index contributed by atoms with van der Waals surface area (Å²) in [4.78, 5) is 25.5. The van der Waals surface area contributed by atoms with E-state index in [1.165, 1.54) is 4.88 Å². The van der Waals surface area contributed by atoms with Crippen molar-refractivity contribution in [2.24, 2.45) is 0 Å². The summed E-state index contributed by atoms with van der Waals surface area (Å²) >= 11 is 3.59. The van der Waals surface area contributed by atoms with Crippen LogP contribution >= 0.6 is 23.1 Å². The number of fused-ring (bicyclic) bond motifs is 2. The maximum atomic E-state index is 12.8. The average Bonchev–Trinajstić information content (AvgIpc) is 3.38. The van der Waals surface area contributed by atoms with E-state index < -0.39 is 0 Å². The van der Waals surface area contributed by atoms with Crippen molar-refractivity contribution < 1.29 is 14.3 Å². The van der Waals surface area contributed by atoms with E-state index >= 15 is 0 Å². The van der Waals surface area contributed by atoms with E-state index in [0.717, 1.165) is 52.6 Å². The highest BCUT2D eigenvalue weighted by Crippen LogP contribution is 2.33. The van der Waals surface area contributed by atoms with Crippen LogP contribution in [0.3, 0.4) is 0 Å². The van der Waals surface area contributed by atoms with Crippen molar-refractivity contribution in [3.8, 4) is 11.5 Å². The van der Waals surface area contributed by atoms with E-state index in [-0.39, 0.29) is 18.5 Å². The third kappa shape index (κ3) is 3.60. The van der Waals surface area contributed by atoms with Gasteiger partial charge in [0, 0.05) is 41.4 Å². The molecule has 0 radical (unpaired) electrons. The number of carbonyl (C=O) groups excluding carboxylic acids is 1. The average molecular weight is 429 g/mol. The van der Waals surface area contributed by atoms with Crippen LogP contribution in [-0.4, -0.2) is 47.3 Å². The summed E-state index contributed by atoms with van der Waals surface area (Å²) in [6.45, 7) is 4.55. The number of hydrogen-bond acceptors (Lipinski definition) is 8. The molecule has 150 valence electrons. The Morgan fingerprint density at radius 1 is 1.21 bits per heavy atom. The van der Waals surface area contributed by atoms with Gasteiger partial charge in [-0.2, -0.15) is 11.8 Å². The third-order valence-corrected chi connectivity index (χ3v) is 6.86. The molecule has 4 heterocycles. The molecule has 1 fully saturated rings. The van der Waals surface area contributed by atoms with Gasteiger partial charge in [-0.3, -0.25) is 4.79 Å². The SMILES string of the molecule is Cc1scc2nc(C(=O)NCc3ccc4c(c3)OCO4)nc(N3CCSCC3)c12. The van der Waals surface area contributed by atoms with Crippen molar-refractivity contribution in [1.29, 1.82) is 0 Å². The molecule has 0 aliphatic carbocycles. The lowest BCUT2D eigenvalue weighted by molar-refractivity contribution is 0.0941. The van der Waals surface area contributed by atoms with Crippen LogP contribution in [0.25, 0.3) is 10.9 Å². The molecule has 0 bridgehead atoms. The van der Waals surface area contributed by atoms with E-state index in [1.807, 2.05) is 35.3 Å². The van der Waals surface area contributed by atoms with Crippen molar-refractivity contribution >= 4 is 45.7 Å². The highest BCUT2D eigenvalue weighted by Gasteiger charge is 2.22. The minimum atomic E-state index is -0.277. The summed E-state index contributed by atoms with van der Waals surface area (Å²) in [5.74, 6) is 4.38. The Kier molecular flexibility index (Phi) is 4.92. The molecule has 2 aromatic heterocycles. The molecule has 0 spiro atoms. The first kappa shape index (κ1) is 18.5. The molecule has 1 amide bonds. The number of aryl methyl sites for hydroxylation is 1. The van der Waals surface area contributed by atoms with Gasteiger partial charge in [-0.15, -0.1) is 11.3 Å². The Bertz CT molecular complexity index is 1080. The van der Waals surface area contributed by atoms with Crippen LogP contribution in [0.1, 0.15) is 21.1 Å². The number of thiophene rings is 1. The minimum Gasteiger partial charge on any atom is -0.454 e. The monoisotopic (exact) mass is 428 g/mol. The summed E-state index contributed by atoms with van der Waals surface area (Å²) in [6.07, 6.45) is 0. The predicted octanol–water partition coefficient (Wildman–Crippen LogP) is 3.21. The van der Waals surface area contributed by atoms with Gasteiger partial charge in [0.2, 0.25) is 12.6 Å². The van der Waals surface area contributed by atoms with Gasteiger partial charge in [0.15, 0.2) is 11.5 Å². The fourth-order valence-electron chi connectivity index (χ4n) is 3.51. The molecular weight excluding hydrogens is 408 g/mol. The quantitative estimate of drug-likeness (QED) is 0.684. The second kappa shape index (κ2) is 7.72. The Morgan fingerprint density at radius 2 is 2.03 bits per heavy atom. The molecule has 1 N–H and O–H groups in total. The summed E-state index contributed by atoms with van der Waals surface area (Å²) < 4.78 is 10.7. The molecule has 3 aromatic rings. The van der Waals surface area contributed by atoms with Gasteiger partial charge >= 0.3 is 0 Å². The van der Waals surface area contributed by atoms with Crippen LogP contribution in [0, 0.1) is 6.92 Å². The van der Waals surface area contributed by atoms with Crippen LogP contribution in [0.5, 0.6) is 11.5 Å². The Balaban J connectivity index is 1.39. The second-order valence-electron chi connectivity index (χ2n) is 6.89. The molecule has 5 rings (SSSR count). The number of anilines is 1. The summed E-state index contributed by atoms with van der Waals surface area (Å²) in [6, 6.07) is 5.65. The van der Waals surface area contributed by atoms with Crippen molar-refractivity contribution in [3.63, 3.8) is 0 Å². The van der Waals surface area contributed by atoms with Gasteiger partial charge in [0.1, 0.15) is 5.82 Å². The van der Waals surface area contributed by atoms with Crippen LogP contribution in [0.15, 0.2) is 23.6 Å². The zero-order valence-electron chi connectivity index (χ0n) is 15.9. The van der Waals surface area contributed by atoms with E-state index in [1.54, 1.807) is 11.3 Å². The van der Waals surface area contributed by atoms with E-state index in [2.05, 4.69) is 27.1 Å². The lowest BCUT2D eigenvalue weighted by atomic mass is 10.2. The fraction of sp³-hybridized carbons (Fsp3) is 0.350. The Morgan fingerprint density at radius 3 is 2.90 bits per heavy atom. The number of ether oxygens (including phenoxy) is 2. The normalized spacial score (nSPS) is 15.7. The van der Waals surface area contributed by atoms with Crippen LogP contribution in [-0.2, 0) is 6.54 Å². The Labute approximate surface area is 176 Å². The number of nitrogens with one attached hydrogen (secondary N) is 1. The maximum Gasteiger partial charge on any atom is 0.289 e. The van der Waals surface area contributed by atoms with Crippen molar-refractivity contribution in [1.82, 2.24) is 15.3 Å². The van der Waals surface area contributed by atoms with Gasteiger partial charge in [-0.1, -0.05) is 6.07 Å². The number of benzene rings is 1. The largest absolute Gasteiger partial charge is 0.454 e. The number of rotatable bonds is 4. The smallest absolute Gasteiger partial charge is 0.289 e. The van der Waals surface area contributed by atoms with Gasteiger partial charge in [-0.25, -0.2) is 9.97 Å². The zero-order chi connectivity index (χ0) is 19.8. The molecule has 2 aliphatic rings. The highest BCUT2D eigenvalue weighted by molar-refractivity contribution is 7.99.